The molecule has 0 amide bonds. The van der Waals surface area contributed by atoms with Crippen molar-refractivity contribution in [1.29, 1.82) is 0 Å². The van der Waals surface area contributed by atoms with Crippen LogP contribution in [0.4, 0.5) is 4.39 Å². The van der Waals surface area contributed by atoms with Crippen LogP contribution in [0.15, 0.2) is 24.3 Å². The molecule has 0 aliphatic rings. The van der Waals surface area contributed by atoms with E-state index in [4.69, 9.17) is 0 Å². The van der Waals surface area contributed by atoms with E-state index in [1.54, 1.807) is 12.1 Å². The summed E-state index contributed by atoms with van der Waals surface area (Å²) in [6, 6.07) is 6.81. The summed E-state index contributed by atoms with van der Waals surface area (Å²) in [4.78, 5) is 0. The van der Waals surface area contributed by atoms with E-state index in [2.05, 4.69) is 17.6 Å². The van der Waals surface area contributed by atoms with Gasteiger partial charge in [0.05, 0.1) is 0 Å². The molecule has 0 aliphatic heterocycles. The van der Waals surface area contributed by atoms with Crippen LogP contribution in [0.2, 0.25) is 0 Å². The Labute approximate surface area is 104 Å². The number of halogens is 1. The zero-order valence-corrected chi connectivity index (χ0v) is 10.6. The number of hydrogen-bond donors (Lipinski definition) is 2. The van der Waals surface area contributed by atoms with E-state index in [1.807, 2.05) is 6.07 Å². The highest BCUT2D eigenvalue weighted by Gasteiger charge is 1.95. The van der Waals surface area contributed by atoms with Gasteiger partial charge in [0.2, 0.25) is 0 Å². The summed E-state index contributed by atoms with van der Waals surface area (Å²) < 4.78 is 12.9. The minimum Gasteiger partial charge on any atom is -0.317 e. The lowest BCUT2D eigenvalue weighted by Gasteiger charge is -2.06. The molecular weight excluding hydrogens is 215 g/mol. The molecule has 0 unspecified atom stereocenters. The predicted molar refractivity (Wildman–Crippen MR) is 70.8 cm³/mol. The van der Waals surface area contributed by atoms with E-state index in [-0.39, 0.29) is 5.82 Å². The lowest BCUT2D eigenvalue weighted by molar-refractivity contribution is 0.591. The predicted octanol–water partition coefficient (Wildman–Crippen LogP) is 2.35. The second-order valence-corrected chi connectivity index (χ2v) is 4.23. The van der Waals surface area contributed by atoms with Gasteiger partial charge in [0.1, 0.15) is 5.82 Å². The maximum atomic E-state index is 12.9. The summed E-state index contributed by atoms with van der Waals surface area (Å²) in [5.41, 5.74) is 1.06. The summed E-state index contributed by atoms with van der Waals surface area (Å²) in [5.74, 6) is -0.147. The molecule has 1 rings (SSSR count). The fourth-order valence-corrected chi connectivity index (χ4v) is 1.69. The first-order valence-electron chi connectivity index (χ1n) is 6.49. The van der Waals surface area contributed by atoms with Gasteiger partial charge in [-0.25, -0.2) is 4.39 Å². The van der Waals surface area contributed by atoms with Crippen molar-refractivity contribution in [1.82, 2.24) is 10.6 Å². The Kier molecular flexibility index (Phi) is 7.60. The van der Waals surface area contributed by atoms with Crippen LogP contribution in [-0.2, 0) is 6.42 Å². The number of rotatable bonds is 9. The van der Waals surface area contributed by atoms with Crippen molar-refractivity contribution in [3.05, 3.63) is 35.6 Å². The van der Waals surface area contributed by atoms with Crippen molar-refractivity contribution in [3.8, 4) is 0 Å². The molecule has 0 atom stereocenters. The van der Waals surface area contributed by atoms with Crippen LogP contribution in [0.3, 0.4) is 0 Å². The van der Waals surface area contributed by atoms with E-state index in [0.717, 1.165) is 44.6 Å². The molecule has 0 spiro atoms. The van der Waals surface area contributed by atoms with Crippen molar-refractivity contribution >= 4 is 0 Å². The highest BCUT2D eigenvalue weighted by Crippen LogP contribution is 2.03. The van der Waals surface area contributed by atoms with Gasteiger partial charge in [0, 0.05) is 0 Å². The largest absolute Gasteiger partial charge is 0.317 e. The summed E-state index contributed by atoms with van der Waals surface area (Å²) in [7, 11) is 0. The van der Waals surface area contributed by atoms with Gasteiger partial charge in [-0.1, -0.05) is 19.1 Å². The monoisotopic (exact) mass is 238 g/mol. The molecule has 17 heavy (non-hydrogen) atoms. The van der Waals surface area contributed by atoms with Crippen molar-refractivity contribution in [2.24, 2.45) is 0 Å². The molecule has 0 bridgehead atoms. The van der Waals surface area contributed by atoms with Crippen LogP contribution in [0.25, 0.3) is 0 Å². The number of nitrogens with one attached hydrogen (secondary N) is 2. The third-order valence-corrected chi connectivity index (χ3v) is 2.61. The molecule has 0 heterocycles. The fourth-order valence-electron chi connectivity index (χ4n) is 1.69. The summed E-state index contributed by atoms with van der Waals surface area (Å²) in [6.45, 7) is 6.28. The Hall–Kier alpha value is -0.930. The molecule has 3 heteroatoms. The van der Waals surface area contributed by atoms with Gasteiger partial charge in [0.15, 0.2) is 0 Å². The van der Waals surface area contributed by atoms with Crippen LogP contribution in [0.1, 0.15) is 25.3 Å². The molecule has 0 radical (unpaired) electrons. The molecule has 2 nitrogen and oxygen atoms in total. The average molecular weight is 238 g/mol. The lowest BCUT2D eigenvalue weighted by Crippen LogP contribution is -2.23. The summed E-state index contributed by atoms with van der Waals surface area (Å²) in [5, 5.41) is 6.73. The van der Waals surface area contributed by atoms with E-state index in [9.17, 15) is 4.39 Å². The zero-order chi connectivity index (χ0) is 12.3. The van der Waals surface area contributed by atoms with E-state index < -0.39 is 0 Å². The molecule has 0 saturated heterocycles. The lowest BCUT2D eigenvalue weighted by atomic mass is 10.1. The van der Waals surface area contributed by atoms with Crippen molar-refractivity contribution in [2.75, 3.05) is 26.2 Å². The summed E-state index contributed by atoms with van der Waals surface area (Å²) in [6.07, 6.45) is 3.22. The Morgan fingerprint density at radius 3 is 2.53 bits per heavy atom. The molecule has 0 saturated carbocycles. The zero-order valence-electron chi connectivity index (χ0n) is 10.6. The highest BCUT2D eigenvalue weighted by molar-refractivity contribution is 5.16. The first-order valence-corrected chi connectivity index (χ1v) is 6.49. The van der Waals surface area contributed by atoms with E-state index >= 15 is 0 Å². The van der Waals surface area contributed by atoms with Gasteiger partial charge >= 0.3 is 0 Å². The second kappa shape index (κ2) is 9.14. The minimum atomic E-state index is -0.147. The van der Waals surface area contributed by atoms with Gasteiger partial charge in [-0.05, 0) is 63.1 Å². The smallest absolute Gasteiger partial charge is 0.123 e. The third kappa shape index (κ3) is 7.08. The Morgan fingerprint density at radius 2 is 1.82 bits per heavy atom. The molecule has 0 aliphatic carbocycles. The first-order chi connectivity index (χ1) is 8.33. The normalized spacial score (nSPS) is 10.7. The maximum Gasteiger partial charge on any atom is 0.123 e. The Bertz CT molecular complexity index is 302. The van der Waals surface area contributed by atoms with Crippen LogP contribution in [0, 0.1) is 5.82 Å². The SMILES string of the molecule is CCCNCCCNCCc1cccc(F)c1. The first kappa shape index (κ1) is 14.1. The Balaban J connectivity index is 1.97. The van der Waals surface area contributed by atoms with Crippen molar-refractivity contribution in [3.63, 3.8) is 0 Å². The third-order valence-electron chi connectivity index (χ3n) is 2.61. The van der Waals surface area contributed by atoms with Gasteiger partial charge in [-0.15, -0.1) is 0 Å². The molecule has 1 aromatic rings. The molecular formula is C14H23FN2. The molecule has 1 aromatic carbocycles. The fraction of sp³-hybridized carbons (Fsp3) is 0.571. The quantitative estimate of drug-likeness (QED) is 0.645. The molecule has 0 aromatic heterocycles. The van der Waals surface area contributed by atoms with Gasteiger partial charge in [-0.3, -0.25) is 0 Å². The number of hydrogen-bond acceptors (Lipinski definition) is 2. The minimum absolute atomic E-state index is 0.147. The standard InChI is InChI=1S/C14H23FN2/c1-2-8-16-9-4-10-17-11-7-13-5-3-6-14(15)12-13/h3,5-6,12,16-17H,2,4,7-11H2,1H3. The molecule has 2 N–H and O–H groups in total. The van der Waals surface area contributed by atoms with Crippen molar-refractivity contribution in [2.45, 2.75) is 26.2 Å². The number of benzene rings is 1. The summed E-state index contributed by atoms with van der Waals surface area (Å²) >= 11 is 0. The van der Waals surface area contributed by atoms with Gasteiger partial charge < -0.3 is 10.6 Å². The van der Waals surface area contributed by atoms with Gasteiger partial charge in [-0.2, -0.15) is 0 Å². The average Bonchev–Trinajstić information content (AvgIpc) is 2.33. The molecule has 0 fully saturated rings. The van der Waals surface area contributed by atoms with Crippen LogP contribution >= 0.6 is 0 Å². The van der Waals surface area contributed by atoms with E-state index in [0.29, 0.717) is 0 Å². The van der Waals surface area contributed by atoms with Crippen LogP contribution in [-0.4, -0.2) is 26.2 Å². The second-order valence-electron chi connectivity index (χ2n) is 4.23. The van der Waals surface area contributed by atoms with Crippen LogP contribution in [0.5, 0.6) is 0 Å². The Morgan fingerprint density at radius 1 is 1.06 bits per heavy atom. The highest BCUT2D eigenvalue weighted by atomic mass is 19.1. The van der Waals surface area contributed by atoms with Gasteiger partial charge in [0.25, 0.3) is 0 Å². The van der Waals surface area contributed by atoms with E-state index in [1.165, 1.54) is 12.5 Å². The molecule has 96 valence electrons. The van der Waals surface area contributed by atoms with Crippen LogP contribution < -0.4 is 10.6 Å². The topological polar surface area (TPSA) is 24.1 Å². The maximum absolute atomic E-state index is 12.9. The van der Waals surface area contributed by atoms with Crippen molar-refractivity contribution < 1.29 is 4.39 Å².